The monoisotopic (exact) mass is 713 g/mol. The highest BCUT2D eigenvalue weighted by molar-refractivity contribution is 6.15. The zero-order chi connectivity index (χ0) is 37.6. The first kappa shape index (κ1) is 33.5. The maximum Gasteiger partial charge on any atom is 0.0564 e. The smallest absolute Gasteiger partial charge is 0.0564 e. The lowest BCUT2D eigenvalue weighted by Gasteiger charge is -2.42. The van der Waals surface area contributed by atoms with Crippen LogP contribution in [0.25, 0.3) is 27.5 Å². The Balaban J connectivity index is 0.00000183. The summed E-state index contributed by atoms with van der Waals surface area (Å²) < 4.78 is 2.54. The van der Waals surface area contributed by atoms with Crippen molar-refractivity contribution >= 4 is 55.9 Å². The van der Waals surface area contributed by atoms with Gasteiger partial charge in [-0.3, -0.25) is 0 Å². The molecule has 1 aromatic heterocycles. The van der Waals surface area contributed by atoms with Crippen molar-refractivity contribution in [2.75, 3.05) is 9.80 Å². The highest BCUT2D eigenvalue weighted by Crippen LogP contribution is 2.55. The Kier molecular flexibility index (Phi) is 7.45. The number of anilines is 6. The quantitative estimate of drug-likeness (QED) is 0.181. The van der Waals surface area contributed by atoms with Gasteiger partial charge in [-0.05, 0) is 107 Å². The second kappa shape index (κ2) is 12.2. The largest absolute Gasteiger partial charge is 0.310 e. The molecule has 0 unspecified atom stereocenters. The molecule has 0 fully saturated rings. The minimum atomic E-state index is -0.104. The fourth-order valence-corrected chi connectivity index (χ4v) is 10.1. The first-order valence-corrected chi connectivity index (χ1v) is 20.0. The molecule has 3 heterocycles. The predicted octanol–water partition coefficient (Wildman–Crippen LogP) is 14.1. The Bertz CT molecular complexity index is 2530. The van der Waals surface area contributed by atoms with Gasteiger partial charge in [-0.2, -0.15) is 0 Å². The van der Waals surface area contributed by atoms with E-state index < -0.39 is 0 Å². The van der Waals surface area contributed by atoms with Gasteiger partial charge in [0, 0.05) is 38.7 Å². The zero-order valence-corrected chi connectivity index (χ0v) is 32.7. The van der Waals surface area contributed by atoms with Gasteiger partial charge >= 0.3 is 0 Å². The molecule has 2 aliphatic heterocycles. The summed E-state index contributed by atoms with van der Waals surface area (Å²) in [4.78, 5) is 5.03. The fourth-order valence-electron chi connectivity index (χ4n) is 10.1. The van der Waals surface area contributed by atoms with Crippen LogP contribution in [-0.4, -0.2) is 4.57 Å². The molecule has 3 nitrogen and oxygen atoms in total. The molecule has 3 heteroatoms. The van der Waals surface area contributed by atoms with E-state index in [0.29, 0.717) is 0 Å². The lowest BCUT2D eigenvalue weighted by molar-refractivity contribution is 0.631. The van der Waals surface area contributed by atoms with E-state index in [-0.39, 0.29) is 10.8 Å². The van der Waals surface area contributed by atoms with Crippen LogP contribution >= 0.6 is 0 Å². The van der Waals surface area contributed by atoms with Crippen LogP contribution in [0.15, 0.2) is 152 Å². The normalized spacial score (nSPS) is 15.5. The number of aryl methyl sites for hydroxylation is 2. The van der Waals surface area contributed by atoms with Gasteiger partial charge in [-0.25, -0.2) is 0 Å². The van der Waals surface area contributed by atoms with E-state index in [1.807, 2.05) is 13.8 Å². The molecule has 270 valence electrons. The lowest BCUT2D eigenvalue weighted by Crippen LogP contribution is -2.30. The molecule has 0 saturated carbocycles. The van der Waals surface area contributed by atoms with Crippen molar-refractivity contribution in [3.05, 3.63) is 185 Å². The van der Waals surface area contributed by atoms with E-state index in [2.05, 4.69) is 194 Å². The Morgan fingerprint density at radius 3 is 1.07 bits per heavy atom. The molecular weight excluding hydrogens is 667 g/mol. The molecule has 0 saturated heterocycles. The van der Waals surface area contributed by atoms with E-state index in [9.17, 15) is 0 Å². The van der Waals surface area contributed by atoms with Crippen molar-refractivity contribution in [2.24, 2.45) is 0 Å². The number of para-hydroxylation sites is 5. The number of benzene rings is 7. The zero-order valence-electron chi connectivity index (χ0n) is 32.7. The van der Waals surface area contributed by atoms with Gasteiger partial charge in [0.05, 0.1) is 33.8 Å². The summed E-state index contributed by atoms with van der Waals surface area (Å²) in [6, 6.07) is 56.8. The van der Waals surface area contributed by atoms with Crippen LogP contribution in [0.3, 0.4) is 0 Å². The summed E-state index contributed by atoms with van der Waals surface area (Å²) in [5.41, 5.74) is 19.2. The van der Waals surface area contributed by atoms with Gasteiger partial charge in [0.1, 0.15) is 0 Å². The molecule has 0 atom stereocenters. The Morgan fingerprint density at radius 1 is 0.382 bits per heavy atom. The Morgan fingerprint density at radius 2 is 0.709 bits per heavy atom. The maximum absolute atomic E-state index is 2.54. The fraction of sp³-hybridized carbons (Fsp3) is 0.192. The first-order valence-electron chi connectivity index (χ1n) is 20.0. The van der Waals surface area contributed by atoms with E-state index in [1.165, 1.54) is 95.0 Å². The lowest BCUT2D eigenvalue weighted by atomic mass is 9.73. The van der Waals surface area contributed by atoms with Gasteiger partial charge in [-0.1, -0.05) is 133 Å². The van der Waals surface area contributed by atoms with E-state index >= 15 is 0 Å². The van der Waals surface area contributed by atoms with Gasteiger partial charge in [-0.15, -0.1) is 0 Å². The summed E-state index contributed by atoms with van der Waals surface area (Å²) in [6.45, 7) is 13.5. The number of rotatable bonds is 3. The van der Waals surface area contributed by atoms with Crippen LogP contribution in [-0.2, 0) is 23.7 Å². The van der Waals surface area contributed by atoms with Crippen molar-refractivity contribution in [3.63, 3.8) is 0 Å². The molecule has 0 N–H and O–H groups in total. The maximum atomic E-state index is 2.54. The summed E-state index contributed by atoms with van der Waals surface area (Å²) in [5.74, 6) is 0. The molecule has 55 heavy (non-hydrogen) atoms. The van der Waals surface area contributed by atoms with Crippen LogP contribution < -0.4 is 9.80 Å². The third kappa shape index (κ3) is 4.69. The number of aromatic nitrogens is 1. The third-order valence-electron chi connectivity index (χ3n) is 12.6. The highest BCUT2D eigenvalue weighted by atomic mass is 15.2. The third-order valence-corrected chi connectivity index (χ3v) is 12.6. The Labute approximate surface area is 325 Å². The minimum Gasteiger partial charge on any atom is -0.310 e. The van der Waals surface area contributed by atoms with Crippen LogP contribution in [0, 0.1) is 0 Å². The minimum absolute atomic E-state index is 0.104. The van der Waals surface area contributed by atoms with E-state index in [1.54, 1.807) is 0 Å². The SMILES string of the molecule is CC.CC1(C)c2ccccc2N(c2cc3c4c5c(cc(N6c7ccccc7C(C)(C)c7ccccc76)cc5n(-c5ccccc5)c4c2)CC3)c2ccccc21. The topological polar surface area (TPSA) is 11.4 Å². The molecule has 8 aromatic rings. The van der Waals surface area contributed by atoms with Crippen LogP contribution in [0.4, 0.5) is 34.1 Å². The average molecular weight is 714 g/mol. The summed E-state index contributed by atoms with van der Waals surface area (Å²) in [6.07, 6.45) is 2.00. The standard InChI is InChI=1S/C50H41N3.C2H6/c1-49(2)37-18-8-12-22-41(37)52(42-23-13-9-19-38(42)49)35-28-32-26-27-33-29-36(31-46-48(33)47(32)45(30-35)51(46)34-16-6-5-7-17-34)53-43-24-14-10-20-39(43)50(3,4)40-21-11-15-25-44(40)53;1-2/h5-25,28-31H,26-27H2,1-4H3;1-2H3. The summed E-state index contributed by atoms with van der Waals surface area (Å²) >= 11 is 0. The number of nitrogens with zero attached hydrogens (tertiary/aromatic N) is 3. The summed E-state index contributed by atoms with van der Waals surface area (Å²) in [7, 11) is 0. The first-order chi connectivity index (χ1) is 26.8. The van der Waals surface area contributed by atoms with Gasteiger partial charge in [0.2, 0.25) is 0 Å². The van der Waals surface area contributed by atoms with Gasteiger partial charge in [0.15, 0.2) is 0 Å². The number of hydrogen-bond donors (Lipinski definition) is 0. The second-order valence-corrected chi connectivity index (χ2v) is 16.2. The van der Waals surface area contributed by atoms with Crippen LogP contribution in [0.1, 0.15) is 74.9 Å². The number of fused-ring (bicyclic) bond motifs is 4. The highest BCUT2D eigenvalue weighted by Gasteiger charge is 2.39. The molecule has 3 aliphatic rings. The molecule has 0 radical (unpaired) electrons. The molecular formula is C52H47N3. The van der Waals surface area contributed by atoms with Gasteiger partial charge < -0.3 is 14.4 Å². The Hall–Kier alpha value is -6.06. The van der Waals surface area contributed by atoms with Crippen molar-refractivity contribution in [2.45, 2.75) is 65.2 Å². The molecule has 11 rings (SSSR count). The summed E-state index contributed by atoms with van der Waals surface area (Å²) in [5, 5.41) is 2.78. The van der Waals surface area contributed by atoms with Crippen molar-refractivity contribution in [3.8, 4) is 5.69 Å². The number of hydrogen-bond acceptors (Lipinski definition) is 2. The second-order valence-electron chi connectivity index (χ2n) is 16.2. The van der Waals surface area contributed by atoms with Crippen molar-refractivity contribution < 1.29 is 0 Å². The van der Waals surface area contributed by atoms with E-state index in [4.69, 9.17) is 0 Å². The van der Waals surface area contributed by atoms with Crippen molar-refractivity contribution in [1.82, 2.24) is 4.57 Å². The average Bonchev–Trinajstić information content (AvgIpc) is 3.56. The molecule has 1 aliphatic carbocycles. The molecule has 0 amide bonds. The van der Waals surface area contributed by atoms with Crippen molar-refractivity contribution in [1.29, 1.82) is 0 Å². The molecule has 0 bridgehead atoms. The van der Waals surface area contributed by atoms with Crippen LogP contribution in [0.5, 0.6) is 0 Å². The molecule has 7 aromatic carbocycles. The van der Waals surface area contributed by atoms with E-state index in [0.717, 1.165) is 12.8 Å². The van der Waals surface area contributed by atoms with Crippen LogP contribution in [0.2, 0.25) is 0 Å². The van der Waals surface area contributed by atoms with Gasteiger partial charge in [0.25, 0.3) is 0 Å². The molecule has 0 spiro atoms. The predicted molar refractivity (Wildman–Crippen MR) is 233 cm³/mol.